The Balaban J connectivity index is 2.35. The van der Waals surface area contributed by atoms with Crippen LogP contribution in [-0.2, 0) is 0 Å². The standard InChI is InChI=1S/C17H20S/c1-3-4-5-6-7-8-10-13-16(2)18-17-14-11-9-12-15-17/h3-6,8-15H,7H2,1-2H3/b4-3-,6-5-,10-8-,16-13-. The van der Waals surface area contributed by atoms with Crippen LogP contribution in [0.4, 0.5) is 0 Å². The molecule has 18 heavy (non-hydrogen) atoms. The van der Waals surface area contributed by atoms with Gasteiger partial charge in [0.05, 0.1) is 0 Å². The summed E-state index contributed by atoms with van der Waals surface area (Å²) in [5, 5.41) is 0. The lowest BCUT2D eigenvalue weighted by molar-refractivity contribution is 1.39. The SMILES string of the molecule is C/C=C\C=C/C/C=C\C=C(\C)Sc1ccccc1. The number of allylic oxidation sites excluding steroid dienone is 8. The Morgan fingerprint density at radius 1 is 1.06 bits per heavy atom. The highest BCUT2D eigenvalue weighted by molar-refractivity contribution is 8.03. The molecule has 1 aromatic rings. The van der Waals surface area contributed by atoms with Crippen molar-refractivity contribution in [3.8, 4) is 0 Å². The molecular formula is C17H20S. The van der Waals surface area contributed by atoms with Gasteiger partial charge in [-0.25, -0.2) is 0 Å². The summed E-state index contributed by atoms with van der Waals surface area (Å²) < 4.78 is 0. The third kappa shape index (κ3) is 6.97. The van der Waals surface area contributed by atoms with Gasteiger partial charge >= 0.3 is 0 Å². The minimum atomic E-state index is 0.976. The summed E-state index contributed by atoms with van der Waals surface area (Å²) in [6.07, 6.45) is 15.7. The maximum Gasteiger partial charge on any atom is 0.0118 e. The highest BCUT2D eigenvalue weighted by atomic mass is 32.2. The minimum absolute atomic E-state index is 0.976. The van der Waals surface area contributed by atoms with E-state index in [0.717, 1.165) is 6.42 Å². The molecular weight excluding hydrogens is 236 g/mol. The molecule has 0 spiro atoms. The fourth-order valence-corrected chi connectivity index (χ4v) is 2.15. The van der Waals surface area contributed by atoms with Crippen LogP contribution >= 0.6 is 11.8 Å². The van der Waals surface area contributed by atoms with Gasteiger partial charge in [-0.1, -0.05) is 72.5 Å². The van der Waals surface area contributed by atoms with Gasteiger partial charge in [0.2, 0.25) is 0 Å². The molecule has 0 amide bonds. The molecule has 0 aliphatic rings. The molecule has 0 aliphatic heterocycles. The van der Waals surface area contributed by atoms with Crippen molar-refractivity contribution >= 4 is 11.8 Å². The smallest absolute Gasteiger partial charge is 0.0118 e. The van der Waals surface area contributed by atoms with Crippen LogP contribution in [0.2, 0.25) is 0 Å². The van der Waals surface area contributed by atoms with Gasteiger partial charge in [0.1, 0.15) is 0 Å². The molecule has 1 rings (SSSR count). The van der Waals surface area contributed by atoms with Gasteiger partial charge in [-0.3, -0.25) is 0 Å². The average Bonchev–Trinajstić information content (AvgIpc) is 2.39. The molecule has 0 aromatic heterocycles. The molecule has 0 aliphatic carbocycles. The van der Waals surface area contributed by atoms with E-state index in [1.54, 1.807) is 11.8 Å². The second-order valence-corrected chi connectivity index (χ2v) is 5.13. The molecule has 94 valence electrons. The molecule has 0 atom stereocenters. The maximum atomic E-state index is 2.16. The number of hydrogen-bond acceptors (Lipinski definition) is 1. The van der Waals surface area contributed by atoms with E-state index in [4.69, 9.17) is 0 Å². The molecule has 0 N–H and O–H groups in total. The summed E-state index contributed by atoms with van der Waals surface area (Å²) in [5.74, 6) is 0. The summed E-state index contributed by atoms with van der Waals surface area (Å²) >= 11 is 1.80. The van der Waals surface area contributed by atoms with Crippen molar-refractivity contribution in [1.29, 1.82) is 0 Å². The van der Waals surface area contributed by atoms with Crippen molar-refractivity contribution in [2.24, 2.45) is 0 Å². The van der Waals surface area contributed by atoms with Crippen molar-refractivity contribution in [2.45, 2.75) is 25.2 Å². The molecule has 1 aromatic carbocycles. The van der Waals surface area contributed by atoms with Crippen LogP contribution in [0.5, 0.6) is 0 Å². The predicted molar refractivity (Wildman–Crippen MR) is 83.8 cm³/mol. The molecule has 0 saturated heterocycles. The fraction of sp³-hybridized carbons (Fsp3) is 0.176. The lowest BCUT2D eigenvalue weighted by atomic mass is 10.3. The van der Waals surface area contributed by atoms with Gasteiger partial charge in [0.25, 0.3) is 0 Å². The van der Waals surface area contributed by atoms with Crippen LogP contribution in [0.15, 0.2) is 82.7 Å². The highest BCUT2D eigenvalue weighted by Gasteiger charge is 1.92. The van der Waals surface area contributed by atoms with E-state index in [-0.39, 0.29) is 0 Å². The van der Waals surface area contributed by atoms with E-state index < -0.39 is 0 Å². The van der Waals surface area contributed by atoms with Crippen molar-refractivity contribution in [3.05, 3.63) is 77.8 Å². The van der Waals surface area contributed by atoms with Crippen molar-refractivity contribution < 1.29 is 0 Å². The van der Waals surface area contributed by atoms with E-state index in [1.807, 2.05) is 25.1 Å². The van der Waals surface area contributed by atoms with E-state index >= 15 is 0 Å². The molecule has 0 saturated carbocycles. The first-order valence-corrected chi connectivity index (χ1v) is 6.98. The Kier molecular flexibility index (Phi) is 7.74. The molecule has 0 heterocycles. The first-order chi connectivity index (χ1) is 8.83. The van der Waals surface area contributed by atoms with Crippen LogP contribution in [0.3, 0.4) is 0 Å². The number of rotatable bonds is 6. The van der Waals surface area contributed by atoms with E-state index in [1.165, 1.54) is 9.80 Å². The van der Waals surface area contributed by atoms with E-state index in [0.29, 0.717) is 0 Å². The fourth-order valence-electron chi connectivity index (χ4n) is 1.34. The van der Waals surface area contributed by atoms with Crippen LogP contribution in [0.1, 0.15) is 20.3 Å². The first kappa shape index (κ1) is 14.6. The molecule has 0 radical (unpaired) electrons. The summed E-state index contributed by atoms with van der Waals surface area (Å²) in [4.78, 5) is 2.59. The lowest BCUT2D eigenvalue weighted by Crippen LogP contribution is -1.70. The summed E-state index contributed by atoms with van der Waals surface area (Å²) in [6.45, 7) is 4.16. The van der Waals surface area contributed by atoms with Crippen molar-refractivity contribution in [1.82, 2.24) is 0 Å². The monoisotopic (exact) mass is 256 g/mol. The third-order valence-corrected chi connectivity index (χ3v) is 3.17. The highest BCUT2D eigenvalue weighted by Crippen LogP contribution is 2.25. The summed E-state index contributed by atoms with van der Waals surface area (Å²) in [5.41, 5.74) is 0. The van der Waals surface area contributed by atoms with Crippen LogP contribution in [0, 0.1) is 0 Å². The number of hydrogen-bond donors (Lipinski definition) is 0. The van der Waals surface area contributed by atoms with Crippen LogP contribution in [-0.4, -0.2) is 0 Å². The van der Waals surface area contributed by atoms with E-state index in [9.17, 15) is 0 Å². The Morgan fingerprint density at radius 3 is 2.50 bits per heavy atom. The molecule has 1 heteroatoms. The van der Waals surface area contributed by atoms with Crippen molar-refractivity contribution in [3.63, 3.8) is 0 Å². The largest absolute Gasteiger partial charge is 0.0949 e. The number of benzene rings is 1. The van der Waals surface area contributed by atoms with Gasteiger partial charge in [-0.2, -0.15) is 0 Å². The van der Waals surface area contributed by atoms with Crippen LogP contribution in [0.25, 0.3) is 0 Å². The van der Waals surface area contributed by atoms with Gasteiger partial charge in [0.15, 0.2) is 0 Å². The quantitative estimate of drug-likeness (QED) is 0.460. The van der Waals surface area contributed by atoms with Gasteiger partial charge in [0, 0.05) is 4.90 Å². The van der Waals surface area contributed by atoms with Crippen LogP contribution < -0.4 is 0 Å². The third-order valence-electron chi connectivity index (χ3n) is 2.20. The van der Waals surface area contributed by atoms with Gasteiger partial charge in [-0.05, 0) is 37.3 Å². The zero-order valence-electron chi connectivity index (χ0n) is 11.0. The summed E-state index contributed by atoms with van der Waals surface area (Å²) in [6, 6.07) is 10.4. The molecule has 0 fully saturated rings. The maximum absolute atomic E-state index is 2.16. The van der Waals surface area contributed by atoms with Crippen molar-refractivity contribution in [2.75, 3.05) is 0 Å². The predicted octanol–water partition coefficient (Wildman–Crippen LogP) is 5.76. The zero-order valence-corrected chi connectivity index (χ0v) is 11.9. The molecule has 0 bridgehead atoms. The zero-order chi connectivity index (χ0) is 13.1. The normalized spacial score (nSPS) is 13.1. The Hall–Kier alpha value is -1.47. The van der Waals surface area contributed by atoms with E-state index in [2.05, 4.69) is 61.6 Å². The topological polar surface area (TPSA) is 0 Å². The second kappa shape index (κ2) is 9.55. The number of thioether (sulfide) groups is 1. The lowest BCUT2D eigenvalue weighted by Gasteiger charge is -1.99. The van der Waals surface area contributed by atoms with Gasteiger partial charge in [-0.15, -0.1) is 0 Å². The molecule has 0 nitrogen and oxygen atoms in total. The average molecular weight is 256 g/mol. The minimum Gasteiger partial charge on any atom is -0.0949 e. The first-order valence-electron chi connectivity index (χ1n) is 6.17. The second-order valence-electron chi connectivity index (χ2n) is 3.81. The Bertz CT molecular complexity index is 436. The van der Waals surface area contributed by atoms with Gasteiger partial charge < -0.3 is 0 Å². The Morgan fingerprint density at radius 2 is 1.78 bits per heavy atom. The Labute approximate surface area is 115 Å². The summed E-state index contributed by atoms with van der Waals surface area (Å²) in [7, 11) is 0. The molecule has 0 unspecified atom stereocenters.